The number of fused-ring (bicyclic) bond motifs is 1. The molecule has 1 aliphatic carbocycles. The minimum Gasteiger partial charge on any atom is -0.358 e. The third-order valence-electron chi connectivity index (χ3n) is 4.05. The van der Waals surface area contributed by atoms with Gasteiger partial charge in [0.15, 0.2) is 0 Å². The Kier molecular flexibility index (Phi) is 3.37. The third-order valence-corrected chi connectivity index (χ3v) is 4.05. The van der Waals surface area contributed by atoms with E-state index in [1.165, 1.54) is 11.1 Å². The summed E-state index contributed by atoms with van der Waals surface area (Å²) in [5.41, 5.74) is 3.06. The zero-order chi connectivity index (χ0) is 15.0. The molecule has 0 saturated carbocycles. The lowest BCUT2D eigenvalue weighted by Crippen LogP contribution is -2.19. The van der Waals surface area contributed by atoms with Crippen LogP contribution in [0.4, 0.5) is 11.5 Å². The van der Waals surface area contributed by atoms with Gasteiger partial charge in [-0.1, -0.05) is 24.3 Å². The van der Waals surface area contributed by atoms with Crippen molar-refractivity contribution < 1.29 is 4.92 Å². The molecule has 0 unspecified atom stereocenters. The molecule has 6 heteroatoms. The summed E-state index contributed by atoms with van der Waals surface area (Å²) >= 11 is 0. The van der Waals surface area contributed by atoms with Gasteiger partial charge in [0.1, 0.15) is 5.69 Å². The van der Waals surface area contributed by atoms with Gasteiger partial charge in [0.2, 0.25) is 5.82 Å². The molecular weight excluding hydrogens is 268 g/mol. The molecule has 0 aliphatic heterocycles. The molecule has 3 rings (SSSR count). The summed E-state index contributed by atoms with van der Waals surface area (Å²) < 4.78 is 1.56. The van der Waals surface area contributed by atoms with Crippen molar-refractivity contribution in [3.8, 4) is 0 Å². The zero-order valence-corrected chi connectivity index (χ0v) is 12.2. The van der Waals surface area contributed by atoms with Crippen LogP contribution in [0.5, 0.6) is 0 Å². The van der Waals surface area contributed by atoms with Crippen molar-refractivity contribution in [1.29, 1.82) is 0 Å². The van der Waals surface area contributed by atoms with Gasteiger partial charge in [-0.05, 0) is 37.3 Å². The first-order chi connectivity index (χ1) is 10.1. The highest BCUT2D eigenvalue weighted by Gasteiger charge is 2.28. The van der Waals surface area contributed by atoms with E-state index in [2.05, 4.69) is 22.5 Å². The lowest BCUT2D eigenvalue weighted by molar-refractivity contribution is -0.384. The number of nitrogens with one attached hydrogen (secondary N) is 1. The zero-order valence-electron chi connectivity index (χ0n) is 12.2. The molecule has 1 aromatic heterocycles. The molecule has 6 nitrogen and oxygen atoms in total. The fraction of sp³-hybridized carbons (Fsp3) is 0.400. The lowest BCUT2D eigenvalue weighted by atomic mass is 9.88. The van der Waals surface area contributed by atoms with Crippen LogP contribution in [0.1, 0.15) is 35.7 Å². The average molecular weight is 286 g/mol. The number of nitro groups is 1. The van der Waals surface area contributed by atoms with Gasteiger partial charge in [-0.15, -0.1) is 0 Å². The van der Waals surface area contributed by atoms with Crippen LogP contribution in [0, 0.1) is 17.0 Å². The van der Waals surface area contributed by atoms with Gasteiger partial charge in [-0.25, -0.2) is 4.68 Å². The van der Waals surface area contributed by atoms with E-state index in [4.69, 9.17) is 0 Å². The molecule has 0 spiro atoms. The summed E-state index contributed by atoms with van der Waals surface area (Å²) in [7, 11) is 1.73. The molecule has 1 heterocycles. The van der Waals surface area contributed by atoms with Crippen molar-refractivity contribution in [1.82, 2.24) is 9.78 Å². The van der Waals surface area contributed by atoms with Gasteiger partial charge in [-0.2, -0.15) is 5.10 Å². The number of nitrogens with zero attached hydrogens (tertiary/aromatic N) is 3. The number of aromatic nitrogens is 2. The van der Waals surface area contributed by atoms with Gasteiger partial charge in [-0.3, -0.25) is 10.1 Å². The largest absolute Gasteiger partial charge is 0.358 e. The van der Waals surface area contributed by atoms with Gasteiger partial charge in [0.25, 0.3) is 0 Å². The topological polar surface area (TPSA) is 73.0 Å². The van der Waals surface area contributed by atoms with Crippen molar-refractivity contribution in [2.75, 3.05) is 5.32 Å². The highest BCUT2D eigenvalue weighted by atomic mass is 16.6. The van der Waals surface area contributed by atoms with E-state index >= 15 is 0 Å². The molecule has 1 aromatic carbocycles. The first kappa shape index (κ1) is 13.6. The molecule has 2 aromatic rings. The molecule has 110 valence electrons. The Morgan fingerprint density at radius 1 is 1.43 bits per heavy atom. The van der Waals surface area contributed by atoms with Crippen LogP contribution in [-0.2, 0) is 13.5 Å². The summed E-state index contributed by atoms with van der Waals surface area (Å²) in [6.45, 7) is 1.66. The minimum atomic E-state index is -0.362. The van der Waals surface area contributed by atoms with Gasteiger partial charge in [0.05, 0.1) is 11.0 Å². The number of hydrogen-bond acceptors (Lipinski definition) is 4. The Bertz CT molecular complexity index is 693. The van der Waals surface area contributed by atoms with E-state index in [9.17, 15) is 10.1 Å². The highest BCUT2D eigenvalue weighted by molar-refractivity contribution is 5.60. The Labute approximate surface area is 122 Å². The smallest absolute Gasteiger partial charge is 0.333 e. The van der Waals surface area contributed by atoms with Gasteiger partial charge >= 0.3 is 5.69 Å². The highest BCUT2D eigenvalue weighted by Crippen LogP contribution is 2.36. The molecule has 1 N–H and O–H groups in total. The molecule has 0 bridgehead atoms. The van der Waals surface area contributed by atoms with Crippen LogP contribution in [0.25, 0.3) is 0 Å². The minimum absolute atomic E-state index is 0.0700. The van der Waals surface area contributed by atoms with E-state index in [1.807, 2.05) is 12.1 Å². The molecule has 0 fully saturated rings. The number of benzene rings is 1. The van der Waals surface area contributed by atoms with E-state index in [0.29, 0.717) is 11.5 Å². The SMILES string of the molecule is Cc1nn(C)c(N[C@H]2CCCc3ccccc32)c1[N+](=O)[O-]. The summed E-state index contributed by atoms with van der Waals surface area (Å²) in [4.78, 5) is 10.9. The van der Waals surface area contributed by atoms with Crippen LogP contribution < -0.4 is 5.32 Å². The monoisotopic (exact) mass is 286 g/mol. The lowest BCUT2D eigenvalue weighted by Gasteiger charge is -2.26. The predicted octanol–water partition coefficient (Wildman–Crippen LogP) is 3.13. The van der Waals surface area contributed by atoms with E-state index in [-0.39, 0.29) is 16.7 Å². The summed E-state index contributed by atoms with van der Waals surface area (Å²) in [5.74, 6) is 0.485. The summed E-state index contributed by atoms with van der Waals surface area (Å²) in [5, 5.41) is 18.8. The van der Waals surface area contributed by atoms with Crippen molar-refractivity contribution in [3.63, 3.8) is 0 Å². The maximum Gasteiger partial charge on any atom is 0.333 e. The van der Waals surface area contributed by atoms with E-state index < -0.39 is 0 Å². The summed E-state index contributed by atoms with van der Waals surface area (Å²) in [6.07, 6.45) is 3.12. The van der Waals surface area contributed by atoms with Crippen LogP contribution in [0.2, 0.25) is 0 Å². The number of aryl methyl sites for hydroxylation is 3. The predicted molar refractivity (Wildman–Crippen MR) is 80.3 cm³/mol. The van der Waals surface area contributed by atoms with Crippen LogP contribution in [0.15, 0.2) is 24.3 Å². The third kappa shape index (κ3) is 2.37. The summed E-state index contributed by atoms with van der Waals surface area (Å²) in [6, 6.07) is 8.39. The second kappa shape index (κ2) is 5.20. The van der Waals surface area contributed by atoms with Gasteiger partial charge in [0, 0.05) is 7.05 Å². The van der Waals surface area contributed by atoms with Crippen LogP contribution in [-0.4, -0.2) is 14.7 Å². The van der Waals surface area contributed by atoms with Crippen LogP contribution in [0.3, 0.4) is 0 Å². The average Bonchev–Trinajstić information content (AvgIpc) is 2.73. The molecule has 0 radical (unpaired) electrons. The fourth-order valence-corrected chi connectivity index (χ4v) is 3.10. The molecule has 21 heavy (non-hydrogen) atoms. The number of rotatable bonds is 3. The van der Waals surface area contributed by atoms with Crippen molar-refractivity contribution in [2.24, 2.45) is 7.05 Å². The normalized spacial score (nSPS) is 17.3. The number of anilines is 1. The first-order valence-electron chi connectivity index (χ1n) is 7.10. The van der Waals surface area contributed by atoms with Gasteiger partial charge < -0.3 is 5.32 Å². The Morgan fingerprint density at radius 2 is 2.19 bits per heavy atom. The fourth-order valence-electron chi connectivity index (χ4n) is 3.10. The van der Waals surface area contributed by atoms with Crippen molar-refractivity contribution in [3.05, 3.63) is 51.2 Å². The molecule has 1 atom stereocenters. The molecule has 0 amide bonds. The second-order valence-corrected chi connectivity index (χ2v) is 5.45. The van der Waals surface area contributed by atoms with Crippen LogP contribution >= 0.6 is 0 Å². The molecule has 1 aliphatic rings. The van der Waals surface area contributed by atoms with Crippen molar-refractivity contribution in [2.45, 2.75) is 32.2 Å². The Balaban J connectivity index is 1.97. The van der Waals surface area contributed by atoms with E-state index in [1.54, 1.807) is 18.7 Å². The maximum absolute atomic E-state index is 11.3. The van der Waals surface area contributed by atoms with Crippen molar-refractivity contribution >= 4 is 11.5 Å². The Hall–Kier alpha value is -2.37. The molecular formula is C15H18N4O2. The maximum atomic E-state index is 11.3. The Morgan fingerprint density at radius 3 is 2.95 bits per heavy atom. The standard InChI is InChI=1S/C15H18N4O2/c1-10-14(19(20)21)15(18(2)17-10)16-13-9-5-7-11-6-3-4-8-12(11)13/h3-4,6,8,13,16H,5,7,9H2,1-2H3/t13-/m0/s1. The number of hydrogen-bond donors (Lipinski definition) is 1. The first-order valence-corrected chi connectivity index (χ1v) is 7.10. The quantitative estimate of drug-likeness (QED) is 0.695. The molecule has 0 saturated heterocycles. The second-order valence-electron chi connectivity index (χ2n) is 5.45. The van der Waals surface area contributed by atoms with E-state index in [0.717, 1.165) is 19.3 Å².